The number of aryl methyl sites for hydroxylation is 1. The fourth-order valence-corrected chi connectivity index (χ4v) is 2.89. The molecule has 0 amide bonds. The predicted molar refractivity (Wildman–Crippen MR) is 61.8 cm³/mol. The van der Waals surface area contributed by atoms with E-state index in [1.807, 2.05) is 0 Å². The van der Waals surface area contributed by atoms with Gasteiger partial charge in [-0.2, -0.15) is 0 Å². The number of halogens is 4. The van der Waals surface area contributed by atoms with Crippen LogP contribution in [0.15, 0.2) is 12.1 Å². The highest BCUT2D eigenvalue weighted by atomic mass is 19.3. The molecule has 0 spiro atoms. The van der Waals surface area contributed by atoms with Crippen molar-refractivity contribution < 1.29 is 17.6 Å². The number of rotatable bonds is 1. The van der Waals surface area contributed by atoms with Crippen molar-refractivity contribution in [1.29, 1.82) is 0 Å². The number of hydrogen-bond donors (Lipinski definition) is 0. The summed E-state index contributed by atoms with van der Waals surface area (Å²) in [6.45, 7) is 3.44. The van der Waals surface area contributed by atoms with Crippen LogP contribution in [0.1, 0.15) is 43.2 Å². The van der Waals surface area contributed by atoms with Crippen LogP contribution in [-0.2, 0) is 0 Å². The topological polar surface area (TPSA) is 0 Å². The van der Waals surface area contributed by atoms with Gasteiger partial charge in [0.2, 0.25) is 5.92 Å². The van der Waals surface area contributed by atoms with E-state index in [4.69, 9.17) is 0 Å². The molecule has 100 valence electrons. The summed E-state index contributed by atoms with van der Waals surface area (Å²) in [7, 11) is 0. The lowest BCUT2D eigenvalue weighted by atomic mass is 9.74. The van der Waals surface area contributed by atoms with Gasteiger partial charge in [-0.15, -0.1) is 0 Å². The van der Waals surface area contributed by atoms with Crippen molar-refractivity contribution >= 4 is 0 Å². The molecule has 0 radical (unpaired) electrons. The van der Waals surface area contributed by atoms with Crippen LogP contribution >= 0.6 is 0 Å². The minimum absolute atomic E-state index is 0.111. The zero-order valence-corrected chi connectivity index (χ0v) is 10.4. The zero-order valence-electron chi connectivity index (χ0n) is 10.4. The SMILES string of the molecule is Cc1cc(F)c(F)cc1[C@@H]1CCC(F)(F)CC1C. The van der Waals surface area contributed by atoms with Crippen LogP contribution in [0.25, 0.3) is 0 Å². The molecule has 1 aromatic rings. The summed E-state index contributed by atoms with van der Waals surface area (Å²) in [6, 6.07) is 2.30. The Balaban J connectivity index is 2.30. The maximum Gasteiger partial charge on any atom is 0.248 e. The van der Waals surface area contributed by atoms with E-state index in [2.05, 4.69) is 0 Å². The third-order valence-corrected chi connectivity index (χ3v) is 3.84. The van der Waals surface area contributed by atoms with E-state index < -0.39 is 17.6 Å². The van der Waals surface area contributed by atoms with Gasteiger partial charge < -0.3 is 0 Å². The van der Waals surface area contributed by atoms with Crippen LogP contribution in [0.5, 0.6) is 0 Å². The van der Waals surface area contributed by atoms with Crippen molar-refractivity contribution in [3.63, 3.8) is 0 Å². The van der Waals surface area contributed by atoms with Gasteiger partial charge in [0.1, 0.15) is 0 Å². The Labute approximate surface area is 104 Å². The van der Waals surface area contributed by atoms with E-state index in [0.29, 0.717) is 17.5 Å². The van der Waals surface area contributed by atoms with Crippen LogP contribution in [0, 0.1) is 24.5 Å². The molecule has 0 aliphatic heterocycles. The predicted octanol–water partition coefficient (Wildman–Crippen LogP) is 4.81. The second kappa shape index (κ2) is 4.56. The molecule has 1 aliphatic carbocycles. The van der Waals surface area contributed by atoms with Gasteiger partial charge >= 0.3 is 0 Å². The molecule has 1 aliphatic rings. The van der Waals surface area contributed by atoms with Gasteiger partial charge in [-0.05, 0) is 48.4 Å². The molecular weight excluding hydrogens is 244 g/mol. The van der Waals surface area contributed by atoms with Crippen molar-refractivity contribution in [3.05, 3.63) is 34.9 Å². The highest BCUT2D eigenvalue weighted by molar-refractivity contribution is 5.31. The lowest BCUT2D eigenvalue weighted by molar-refractivity contribution is -0.0556. The number of hydrogen-bond acceptors (Lipinski definition) is 0. The summed E-state index contributed by atoms with van der Waals surface area (Å²) < 4.78 is 52.8. The first-order valence-electron chi connectivity index (χ1n) is 6.13. The van der Waals surface area contributed by atoms with E-state index in [1.54, 1.807) is 13.8 Å². The van der Waals surface area contributed by atoms with Crippen LogP contribution in [0.2, 0.25) is 0 Å². The molecule has 1 unspecified atom stereocenters. The highest BCUT2D eigenvalue weighted by Gasteiger charge is 2.40. The van der Waals surface area contributed by atoms with Gasteiger partial charge in [0, 0.05) is 12.8 Å². The van der Waals surface area contributed by atoms with E-state index in [0.717, 1.165) is 12.1 Å². The molecule has 0 nitrogen and oxygen atoms in total. The van der Waals surface area contributed by atoms with Crippen LogP contribution < -0.4 is 0 Å². The van der Waals surface area contributed by atoms with Crippen molar-refractivity contribution in [2.45, 2.75) is 45.0 Å². The fourth-order valence-electron chi connectivity index (χ4n) is 2.89. The van der Waals surface area contributed by atoms with Gasteiger partial charge in [0.25, 0.3) is 0 Å². The Hall–Kier alpha value is -1.06. The van der Waals surface area contributed by atoms with E-state index in [9.17, 15) is 17.6 Å². The number of alkyl halides is 2. The number of benzene rings is 1. The third-order valence-electron chi connectivity index (χ3n) is 3.84. The second-order valence-corrected chi connectivity index (χ2v) is 5.31. The van der Waals surface area contributed by atoms with Gasteiger partial charge in [-0.25, -0.2) is 17.6 Å². The maximum atomic E-state index is 13.3. The van der Waals surface area contributed by atoms with Gasteiger partial charge in [0.15, 0.2) is 11.6 Å². The molecule has 0 heterocycles. The second-order valence-electron chi connectivity index (χ2n) is 5.31. The monoisotopic (exact) mass is 260 g/mol. The van der Waals surface area contributed by atoms with E-state index >= 15 is 0 Å². The first kappa shape index (κ1) is 13.4. The molecule has 2 atom stereocenters. The minimum atomic E-state index is -2.62. The molecule has 0 saturated heterocycles. The highest BCUT2D eigenvalue weighted by Crippen LogP contribution is 2.45. The first-order valence-corrected chi connectivity index (χ1v) is 6.13. The normalized spacial score (nSPS) is 27.2. The Morgan fingerprint density at radius 1 is 1.17 bits per heavy atom. The Bertz CT molecular complexity index is 453. The summed E-state index contributed by atoms with van der Waals surface area (Å²) in [6.07, 6.45) is -0.0450. The molecule has 0 aromatic heterocycles. The van der Waals surface area contributed by atoms with E-state index in [1.165, 1.54) is 0 Å². The van der Waals surface area contributed by atoms with Crippen molar-refractivity contribution in [1.82, 2.24) is 0 Å². The lowest BCUT2D eigenvalue weighted by Gasteiger charge is -2.35. The van der Waals surface area contributed by atoms with Gasteiger partial charge in [-0.3, -0.25) is 0 Å². The Kier molecular flexibility index (Phi) is 3.39. The molecule has 2 rings (SSSR count). The zero-order chi connectivity index (χ0) is 13.5. The smallest absolute Gasteiger partial charge is 0.207 e. The van der Waals surface area contributed by atoms with Gasteiger partial charge in [0.05, 0.1) is 0 Å². The van der Waals surface area contributed by atoms with Crippen LogP contribution in [-0.4, -0.2) is 5.92 Å². The molecule has 0 bridgehead atoms. The average molecular weight is 260 g/mol. The maximum absolute atomic E-state index is 13.3. The standard InChI is InChI=1S/C14H16F4/c1-8-5-12(15)13(16)6-11(8)10-3-4-14(17,18)7-9(10)2/h5-6,9-10H,3-4,7H2,1-2H3/t9?,10-/m1/s1. The fraction of sp³-hybridized carbons (Fsp3) is 0.571. The molecule has 1 fully saturated rings. The summed E-state index contributed by atoms with van der Waals surface area (Å²) in [5.41, 5.74) is 1.30. The van der Waals surface area contributed by atoms with Crippen LogP contribution in [0.3, 0.4) is 0 Å². The molecule has 1 aromatic carbocycles. The molecule has 1 saturated carbocycles. The average Bonchev–Trinajstić information content (AvgIpc) is 2.23. The molecular formula is C14H16F4. The van der Waals surface area contributed by atoms with Crippen molar-refractivity contribution in [2.24, 2.45) is 5.92 Å². The molecule has 18 heavy (non-hydrogen) atoms. The summed E-state index contributed by atoms with van der Waals surface area (Å²) in [5.74, 6) is -4.75. The van der Waals surface area contributed by atoms with E-state index in [-0.39, 0.29) is 24.7 Å². The lowest BCUT2D eigenvalue weighted by Crippen LogP contribution is -2.30. The van der Waals surface area contributed by atoms with Crippen LogP contribution in [0.4, 0.5) is 17.6 Å². The molecule has 4 heteroatoms. The summed E-state index contributed by atoms with van der Waals surface area (Å²) >= 11 is 0. The summed E-state index contributed by atoms with van der Waals surface area (Å²) in [5, 5.41) is 0. The minimum Gasteiger partial charge on any atom is -0.207 e. The largest absolute Gasteiger partial charge is 0.248 e. The van der Waals surface area contributed by atoms with Crippen molar-refractivity contribution in [3.8, 4) is 0 Å². The quantitative estimate of drug-likeness (QED) is 0.635. The van der Waals surface area contributed by atoms with Gasteiger partial charge in [-0.1, -0.05) is 6.92 Å². The van der Waals surface area contributed by atoms with Crippen molar-refractivity contribution in [2.75, 3.05) is 0 Å². The third kappa shape index (κ3) is 2.52. The Morgan fingerprint density at radius 2 is 1.78 bits per heavy atom. The molecule has 0 N–H and O–H groups in total. The first-order chi connectivity index (χ1) is 8.30. The summed E-state index contributed by atoms with van der Waals surface area (Å²) in [4.78, 5) is 0. The Morgan fingerprint density at radius 3 is 2.39 bits per heavy atom.